The van der Waals surface area contributed by atoms with Gasteiger partial charge in [0, 0.05) is 52.8 Å². The van der Waals surface area contributed by atoms with E-state index in [1.54, 1.807) is 11.3 Å². The maximum atomic E-state index is 7.05. The fraction of sp³-hybridized carbons (Fsp3) is 0. The molecule has 4 heterocycles. The normalized spacial score (nSPS) is 12.1. The number of hydrogen-bond donors (Lipinski definition) is 0. The molecule has 0 radical (unpaired) electrons. The van der Waals surface area contributed by atoms with Crippen molar-refractivity contribution in [3.8, 4) is 39.9 Å². The molecule has 9 aromatic carbocycles. The van der Waals surface area contributed by atoms with E-state index in [1.807, 2.05) is 24.3 Å². The summed E-state index contributed by atoms with van der Waals surface area (Å²) in [5.41, 5.74) is 7.57. The van der Waals surface area contributed by atoms with Gasteiger partial charge in [-0.25, -0.2) is 15.0 Å². The zero-order valence-corrected chi connectivity index (χ0v) is 32.2. The first-order valence-corrected chi connectivity index (χ1v) is 20.6. The van der Waals surface area contributed by atoms with E-state index in [9.17, 15) is 0 Å². The molecule has 0 aliphatic heterocycles. The third kappa shape index (κ3) is 4.81. The van der Waals surface area contributed by atoms with Crippen molar-refractivity contribution in [2.75, 3.05) is 0 Å². The molecular weight excluding hydrogens is 741 g/mol. The van der Waals surface area contributed by atoms with Gasteiger partial charge in [0.15, 0.2) is 17.5 Å². The van der Waals surface area contributed by atoms with Crippen molar-refractivity contribution in [3.63, 3.8) is 0 Å². The van der Waals surface area contributed by atoms with Crippen LogP contribution in [0.3, 0.4) is 0 Å². The van der Waals surface area contributed by atoms with Gasteiger partial charge in [-0.2, -0.15) is 0 Å². The summed E-state index contributed by atoms with van der Waals surface area (Å²) in [6.45, 7) is 0. The minimum atomic E-state index is 0.559. The van der Waals surface area contributed by atoms with E-state index < -0.39 is 0 Å². The van der Waals surface area contributed by atoms with Crippen molar-refractivity contribution in [3.05, 3.63) is 182 Å². The minimum absolute atomic E-state index is 0.559. The predicted octanol–water partition coefficient (Wildman–Crippen LogP) is 14.5. The Morgan fingerprint density at radius 3 is 1.88 bits per heavy atom. The Labute approximate surface area is 341 Å². The van der Waals surface area contributed by atoms with Crippen LogP contribution >= 0.6 is 11.3 Å². The Bertz CT molecular complexity index is 3860. The molecule has 0 aliphatic carbocycles. The summed E-state index contributed by atoms with van der Waals surface area (Å²) in [6.07, 6.45) is 0. The van der Waals surface area contributed by atoms with E-state index in [2.05, 4.69) is 162 Å². The number of fused-ring (bicyclic) bond motifs is 11. The van der Waals surface area contributed by atoms with Crippen LogP contribution in [0.25, 0.3) is 125 Å². The van der Waals surface area contributed by atoms with E-state index >= 15 is 0 Å². The van der Waals surface area contributed by atoms with Crippen LogP contribution in [0.15, 0.2) is 186 Å². The topological polar surface area (TPSA) is 56.7 Å². The van der Waals surface area contributed by atoms with Crippen LogP contribution in [0.2, 0.25) is 0 Å². The lowest BCUT2D eigenvalue weighted by molar-refractivity contribution is 0.670. The molecule has 4 aromatic heterocycles. The summed E-state index contributed by atoms with van der Waals surface area (Å²) in [4.78, 5) is 15.9. The number of benzene rings is 9. The summed E-state index contributed by atoms with van der Waals surface area (Å²) < 4.78 is 12.0. The Morgan fingerprint density at radius 1 is 0.407 bits per heavy atom. The lowest BCUT2D eigenvalue weighted by Crippen LogP contribution is -2.02. The van der Waals surface area contributed by atoms with E-state index in [-0.39, 0.29) is 0 Å². The third-order valence-electron chi connectivity index (χ3n) is 11.8. The molecule has 5 nitrogen and oxygen atoms in total. The van der Waals surface area contributed by atoms with Crippen LogP contribution in [0.5, 0.6) is 0 Å². The van der Waals surface area contributed by atoms with Crippen LogP contribution < -0.4 is 0 Å². The first kappa shape index (κ1) is 32.4. The second kappa shape index (κ2) is 12.4. The van der Waals surface area contributed by atoms with Gasteiger partial charge in [-0.15, -0.1) is 11.3 Å². The minimum Gasteiger partial charge on any atom is -0.455 e. The predicted molar refractivity (Wildman–Crippen MR) is 246 cm³/mol. The Hall–Kier alpha value is -7.67. The zero-order valence-electron chi connectivity index (χ0n) is 31.4. The van der Waals surface area contributed by atoms with Gasteiger partial charge < -0.3 is 8.98 Å². The zero-order chi connectivity index (χ0) is 38.6. The number of para-hydroxylation sites is 2. The molecule has 59 heavy (non-hydrogen) atoms. The Balaban J connectivity index is 1.17. The van der Waals surface area contributed by atoms with Crippen LogP contribution in [-0.2, 0) is 0 Å². The SMILES string of the molecule is c1ccc(-c2nc(-c3ccc4sc5ccccc5c4c3)nc(-c3c4ccccc4c(-n4c5ccccc5c5cc6ccccc6cc54)c4c3oc3ccccc34)n2)cc1. The molecule has 13 aromatic rings. The maximum absolute atomic E-state index is 7.05. The molecule has 0 saturated heterocycles. The third-order valence-corrected chi connectivity index (χ3v) is 13.0. The average molecular weight is 771 g/mol. The highest BCUT2D eigenvalue weighted by Crippen LogP contribution is 2.48. The lowest BCUT2D eigenvalue weighted by Gasteiger charge is -2.17. The number of thiophene rings is 1. The largest absolute Gasteiger partial charge is 0.455 e. The summed E-state index contributed by atoms with van der Waals surface area (Å²) in [5, 5.41) is 11.4. The summed E-state index contributed by atoms with van der Waals surface area (Å²) in [7, 11) is 0. The number of rotatable bonds is 4. The fourth-order valence-corrected chi connectivity index (χ4v) is 10.3. The lowest BCUT2D eigenvalue weighted by atomic mass is 9.96. The van der Waals surface area contributed by atoms with Gasteiger partial charge in [0.05, 0.1) is 27.7 Å². The second-order valence-electron chi connectivity index (χ2n) is 15.1. The average Bonchev–Trinajstić information content (AvgIpc) is 3.97. The molecule has 0 saturated carbocycles. The van der Waals surface area contributed by atoms with Crippen molar-refractivity contribution in [1.29, 1.82) is 0 Å². The van der Waals surface area contributed by atoms with Crippen molar-refractivity contribution < 1.29 is 4.42 Å². The van der Waals surface area contributed by atoms with E-state index in [0.717, 1.165) is 66.1 Å². The molecule has 13 rings (SSSR count). The number of aromatic nitrogens is 4. The molecule has 0 bridgehead atoms. The Morgan fingerprint density at radius 2 is 1.03 bits per heavy atom. The van der Waals surface area contributed by atoms with Crippen LogP contribution in [-0.4, -0.2) is 19.5 Å². The standard InChI is InChI=1S/C53H30N4OS/c1-2-14-31(15-3-1)51-54-52(34-26-27-46-41(29-34)36-19-10-13-25-45(36)59-46)56-53(55-51)48-37-20-6-7-21-38(37)49(47-39-22-9-12-24-44(39)58-50(47)48)57-42-23-11-8-18-35(42)40-28-32-16-4-5-17-33(32)30-43(40)57/h1-30H. The van der Waals surface area contributed by atoms with E-state index in [0.29, 0.717) is 17.5 Å². The van der Waals surface area contributed by atoms with Crippen LogP contribution in [0.1, 0.15) is 0 Å². The second-order valence-corrected chi connectivity index (χ2v) is 16.2. The van der Waals surface area contributed by atoms with Gasteiger partial charge in [0.25, 0.3) is 0 Å². The van der Waals surface area contributed by atoms with Crippen molar-refractivity contribution in [2.45, 2.75) is 0 Å². The number of furan rings is 1. The smallest absolute Gasteiger partial charge is 0.168 e. The van der Waals surface area contributed by atoms with Crippen molar-refractivity contribution in [2.24, 2.45) is 0 Å². The summed E-state index contributed by atoms with van der Waals surface area (Å²) >= 11 is 1.80. The van der Waals surface area contributed by atoms with Gasteiger partial charge in [-0.3, -0.25) is 0 Å². The van der Waals surface area contributed by atoms with Gasteiger partial charge in [0.2, 0.25) is 0 Å². The molecule has 0 fully saturated rings. The molecule has 0 N–H and O–H groups in total. The maximum Gasteiger partial charge on any atom is 0.168 e. The monoisotopic (exact) mass is 770 g/mol. The first-order chi connectivity index (χ1) is 29.2. The Kier molecular flexibility index (Phi) is 6.82. The van der Waals surface area contributed by atoms with Gasteiger partial charge in [-0.05, 0) is 64.7 Å². The molecule has 0 unspecified atom stereocenters. The molecule has 6 heteroatoms. The number of nitrogens with zero attached hydrogens (tertiary/aromatic N) is 4. The highest BCUT2D eigenvalue weighted by molar-refractivity contribution is 7.25. The van der Waals surface area contributed by atoms with E-state index in [1.165, 1.54) is 41.7 Å². The molecule has 0 amide bonds. The van der Waals surface area contributed by atoms with Gasteiger partial charge in [-0.1, -0.05) is 133 Å². The van der Waals surface area contributed by atoms with Crippen LogP contribution in [0.4, 0.5) is 0 Å². The van der Waals surface area contributed by atoms with E-state index in [4.69, 9.17) is 19.4 Å². The summed E-state index contributed by atoms with van der Waals surface area (Å²) in [5.74, 6) is 1.77. The molecule has 0 spiro atoms. The molecule has 274 valence electrons. The summed E-state index contributed by atoms with van der Waals surface area (Å²) in [6, 6.07) is 64.3. The first-order valence-electron chi connectivity index (χ1n) is 19.8. The molecule has 0 atom stereocenters. The number of hydrogen-bond acceptors (Lipinski definition) is 5. The van der Waals surface area contributed by atoms with Crippen molar-refractivity contribution in [1.82, 2.24) is 19.5 Å². The highest BCUT2D eigenvalue weighted by atomic mass is 32.1. The van der Waals surface area contributed by atoms with Gasteiger partial charge >= 0.3 is 0 Å². The molecular formula is C53H30N4OS. The fourth-order valence-electron chi connectivity index (χ4n) is 9.17. The van der Waals surface area contributed by atoms with Crippen LogP contribution in [0, 0.1) is 0 Å². The van der Waals surface area contributed by atoms with Crippen molar-refractivity contribution >= 4 is 96.8 Å². The molecule has 0 aliphatic rings. The van der Waals surface area contributed by atoms with Gasteiger partial charge in [0.1, 0.15) is 11.2 Å². The highest BCUT2D eigenvalue weighted by Gasteiger charge is 2.27. The quantitative estimate of drug-likeness (QED) is 0.179.